The van der Waals surface area contributed by atoms with Gasteiger partial charge in [0.2, 0.25) is 0 Å². The molecule has 1 aliphatic carbocycles. The highest BCUT2D eigenvalue weighted by Gasteiger charge is 2.47. The van der Waals surface area contributed by atoms with Crippen LogP contribution in [0.2, 0.25) is 0 Å². The summed E-state index contributed by atoms with van der Waals surface area (Å²) in [5.41, 5.74) is 2.40. The maximum absolute atomic E-state index is 14.5. The average molecular weight is 408 g/mol. The molecule has 31 heavy (non-hydrogen) atoms. The van der Waals surface area contributed by atoms with Crippen molar-refractivity contribution in [2.24, 2.45) is 5.92 Å². The van der Waals surface area contributed by atoms with Gasteiger partial charge in [0.25, 0.3) is 0 Å². The standard InChI is InChI=1S/C27H21FN2O/c28-25-14-13-24(22-8-4-5-9-23(22)25)27(31,19-10-11-19)20-12-15-26-18(16-20)17-29-30(26)21-6-2-1-3-7-21/h1-9,12-17,19,31H,10-11H2. The first-order valence-corrected chi connectivity index (χ1v) is 10.6. The second-order valence-electron chi connectivity index (χ2n) is 8.35. The van der Waals surface area contributed by atoms with E-state index in [4.69, 9.17) is 0 Å². The van der Waals surface area contributed by atoms with Gasteiger partial charge in [-0.1, -0.05) is 54.6 Å². The number of halogens is 1. The fourth-order valence-electron chi connectivity index (χ4n) is 4.75. The number of aromatic nitrogens is 2. The van der Waals surface area contributed by atoms with E-state index in [2.05, 4.69) is 5.10 Å². The minimum atomic E-state index is -1.17. The van der Waals surface area contributed by atoms with Crippen molar-refractivity contribution in [1.29, 1.82) is 0 Å². The Morgan fingerprint density at radius 1 is 0.871 bits per heavy atom. The van der Waals surface area contributed by atoms with Gasteiger partial charge in [-0.25, -0.2) is 9.07 Å². The smallest absolute Gasteiger partial charge is 0.131 e. The maximum atomic E-state index is 14.5. The van der Waals surface area contributed by atoms with Gasteiger partial charge in [-0.2, -0.15) is 5.10 Å². The monoisotopic (exact) mass is 408 g/mol. The Balaban J connectivity index is 1.54. The SMILES string of the molecule is OC(c1ccc2c(cnn2-c2ccccc2)c1)(c1ccc(F)c2ccccc12)C1CC1. The van der Waals surface area contributed by atoms with E-state index in [9.17, 15) is 9.50 Å². The van der Waals surface area contributed by atoms with Gasteiger partial charge in [0.05, 0.1) is 17.4 Å². The Hall–Kier alpha value is -3.50. The van der Waals surface area contributed by atoms with Crippen LogP contribution in [-0.2, 0) is 5.60 Å². The Morgan fingerprint density at radius 3 is 2.39 bits per heavy atom. The summed E-state index contributed by atoms with van der Waals surface area (Å²) in [5.74, 6) is -0.153. The second kappa shape index (κ2) is 6.76. The Morgan fingerprint density at radius 2 is 1.61 bits per heavy atom. The van der Waals surface area contributed by atoms with E-state index in [1.54, 1.807) is 12.1 Å². The quantitative estimate of drug-likeness (QED) is 0.398. The molecule has 1 aromatic heterocycles. The van der Waals surface area contributed by atoms with Crippen molar-refractivity contribution in [2.45, 2.75) is 18.4 Å². The topological polar surface area (TPSA) is 38.1 Å². The molecule has 0 radical (unpaired) electrons. The molecule has 3 nitrogen and oxygen atoms in total. The van der Waals surface area contributed by atoms with Gasteiger partial charge in [-0.15, -0.1) is 0 Å². The van der Waals surface area contributed by atoms with E-state index >= 15 is 0 Å². The lowest BCUT2D eigenvalue weighted by atomic mass is 9.79. The lowest BCUT2D eigenvalue weighted by Gasteiger charge is -2.31. The molecule has 1 heterocycles. The summed E-state index contributed by atoms with van der Waals surface area (Å²) in [7, 11) is 0. The van der Waals surface area contributed by atoms with E-state index in [1.807, 2.05) is 77.6 Å². The molecule has 1 N–H and O–H groups in total. The summed E-state index contributed by atoms with van der Waals surface area (Å²) in [6, 6.07) is 26.6. The van der Waals surface area contributed by atoms with Crippen molar-refractivity contribution in [1.82, 2.24) is 9.78 Å². The first-order chi connectivity index (χ1) is 15.2. The van der Waals surface area contributed by atoms with Crippen LogP contribution in [0.5, 0.6) is 0 Å². The van der Waals surface area contributed by atoms with Gasteiger partial charge in [0, 0.05) is 10.8 Å². The van der Waals surface area contributed by atoms with Gasteiger partial charge in [0.1, 0.15) is 11.4 Å². The minimum absolute atomic E-state index is 0.114. The zero-order valence-electron chi connectivity index (χ0n) is 16.9. The maximum Gasteiger partial charge on any atom is 0.131 e. The summed E-state index contributed by atoms with van der Waals surface area (Å²) in [6.07, 6.45) is 3.73. The molecule has 0 aliphatic heterocycles. The molecule has 6 rings (SSSR count). The van der Waals surface area contributed by atoms with Gasteiger partial charge in [-0.05, 0) is 65.6 Å². The summed E-state index contributed by atoms with van der Waals surface area (Å²) in [4.78, 5) is 0. The molecule has 1 atom stereocenters. The molecular weight excluding hydrogens is 387 g/mol. The number of hydrogen-bond acceptors (Lipinski definition) is 2. The number of fused-ring (bicyclic) bond motifs is 2. The van der Waals surface area contributed by atoms with Crippen LogP contribution in [0.4, 0.5) is 4.39 Å². The highest BCUT2D eigenvalue weighted by Crippen LogP contribution is 2.51. The van der Waals surface area contributed by atoms with Crippen LogP contribution in [0.15, 0.2) is 91.1 Å². The van der Waals surface area contributed by atoms with Gasteiger partial charge < -0.3 is 5.11 Å². The van der Waals surface area contributed by atoms with E-state index < -0.39 is 5.60 Å². The van der Waals surface area contributed by atoms with Gasteiger partial charge in [0.15, 0.2) is 0 Å². The van der Waals surface area contributed by atoms with E-state index in [-0.39, 0.29) is 11.7 Å². The number of nitrogens with zero attached hydrogens (tertiary/aromatic N) is 2. The first kappa shape index (κ1) is 18.3. The van der Waals surface area contributed by atoms with Crippen molar-refractivity contribution in [3.63, 3.8) is 0 Å². The Kier molecular flexibility index (Phi) is 3.99. The van der Waals surface area contributed by atoms with Gasteiger partial charge >= 0.3 is 0 Å². The minimum Gasteiger partial charge on any atom is -0.380 e. The largest absolute Gasteiger partial charge is 0.380 e. The Bertz CT molecular complexity index is 1420. The molecular formula is C27H21FN2O. The number of hydrogen-bond donors (Lipinski definition) is 1. The van der Waals surface area contributed by atoms with Crippen molar-refractivity contribution in [3.05, 3.63) is 108 Å². The zero-order valence-corrected chi connectivity index (χ0v) is 16.9. The molecule has 0 spiro atoms. The van der Waals surface area contributed by atoms with E-state index in [1.165, 1.54) is 6.07 Å². The first-order valence-electron chi connectivity index (χ1n) is 10.6. The second-order valence-corrected chi connectivity index (χ2v) is 8.35. The number of aliphatic hydroxyl groups is 1. The Labute approximate surface area is 179 Å². The average Bonchev–Trinajstić information content (AvgIpc) is 3.59. The van der Waals surface area contributed by atoms with Crippen LogP contribution >= 0.6 is 0 Å². The predicted octanol–water partition coefficient (Wildman–Crippen LogP) is 5.96. The summed E-state index contributed by atoms with van der Waals surface area (Å²) < 4.78 is 16.4. The van der Waals surface area contributed by atoms with Crippen LogP contribution in [0.3, 0.4) is 0 Å². The number of benzene rings is 4. The molecule has 0 bridgehead atoms. The molecule has 4 heteroatoms. The molecule has 1 saturated carbocycles. The molecule has 1 unspecified atom stereocenters. The molecule has 152 valence electrons. The molecule has 0 amide bonds. The summed E-state index contributed by atoms with van der Waals surface area (Å²) in [6.45, 7) is 0. The van der Waals surface area contributed by atoms with Gasteiger partial charge in [-0.3, -0.25) is 0 Å². The predicted molar refractivity (Wildman–Crippen MR) is 121 cm³/mol. The highest BCUT2D eigenvalue weighted by atomic mass is 19.1. The van der Waals surface area contributed by atoms with E-state index in [0.717, 1.165) is 45.9 Å². The zero-order chi connectivity index (χ0) is 21.0. The summed E-state index contributed by atoms with van der Waals surface area (Å²) in [5, 5.41) is 18.9. The van der Waals surface area contributed by atoms with Crippen LogP contribution in [-0.4, -0.2) is 14.9 Å². The normalized spacial score (nSPS) is 15.9. The molecule has 1 aliphatic rings. The fraction of sp³-hybridized carbons (Fsp3) is 0.148. The van der Waals surface area contributed by atoms with Crippen molar-refractivity contribution < 1.29 is 9.50 Å². The molecule has 5 aromatic rings. The van der Waals surface area contributed by atoms with Crippen molar-refractivity contribution in [3.8, 4) is 5.69 Å². The highest BCUT2D eigenvalue weighted by molar-refractivity contribution is 5.88. The third-order valence-corrected chi connectivity index (χ3v) is 6.46. The third-order valence-electron chi connectivity index (χ3n) is 6.46. The lowest BCUT2D eigenvalue weighted by Crippen LogP contribution is -2.30. The number of para-hydroxylation sites is 1. The van der Waals surface area contributed by atoms with Crippen molar-refractivity contribution in [2.75, 3.05) is 0 Å². The lowest BCUT2D eigenvalue weighted by molar-refractivity contribution is 0.0580. The van der Waals surface area contributed by atoms with E-state index in [0.29, 0.717) is 5.39 Å². The van der Waals surface area contributed by atoms with Crippen molar-refractivity contribution >= 4 is 21.7 Å². The van der Waals surface area contributed by atoms with Crippen LogP contribution in [0, 0.1) is 11.7 Å². The van der Waals surface area contributed by atoms with Crippen LogP contribution < -0.4 is 0 Å². The van der Waals surface area contributed by atoms with Crippen LogP contribution in [0.25, 0.3) is 27.4 Å². The molecule has 1 fully saturated rings. The third kappa shape index (κ3) is 2.79. The fourth-order valence-corrected chi connectivity index (χ4v) is 4.75. The molecule has 0 saturated heterocycles. The molecule has 4 aromatic carbocycles. The van der Waals surface area contributed by atoms with Crippen LogP contribution in [0.1, 0.15) is 24.0 Å². The number of rotatable bonds is 4. The summed E-state index contributed by atoms with van der Waals surface area (Å²) >= 11 is 0.